The lowest BCUT2D eigenvalue weighted by molar-refractivity contribution is -0.870. The lowest BCUT2D eigenvalue weighted by atomic mass is 10.1. The maximum atomic E-state index is 12.8. The van der Waals surface area contributed by atoms with Crippen LogP contribution >= 0.6 is 7.82 Å². The van der Waals surface area contributed by atoms with E-state index in [4.69, 9.17) is 9.05 Å². The van der Waals surface area contributed by atoms with Crippen LogP contribution in [0.4, 0.5) is 0 Å². The molecule has 306 valence electrons. The number of aliphatic hydroxyl groups is 1. The molecule has 0 bridgehead atoms. The Balaban J connectivity index is 4.41. The molecule has 0 aliphatic heterocycles. The van der Waals surface area contributed by atoms with E-state index in [2.05, 4.69) is 43.5 Å². The number of unbranched alkanes of at least 4 members (excludes halogenated alkanes) is 21. The fourth-order valence-electron chi connectivity index (χ4n) is 5.87. The first-order chi connectivity index (χ1) is 25.0. The van der Waals surface area contributed by atoms with Gasteiger partial charge in [-0.3, -0.25) is 13.8 Å². The van der Waals surface area contributed by atoms with Gasteiger partial charge in [-0.2, -0.15) is 0 Å². The number of nitrogens with one attached hydrogen (secondary N) is 1. The zero-order valence-electron chi connectivity index (χ0n) is 34.5. The van der Waals surface area contributed by atoms with Crippen LogP contribution in [0.15, 0.2) is 36.5 Å². The van der Waals surface area contributed by atoms with Gasteiger partial charge in [-0.1, -0.05) is 153 Å². The summed E-state index contributed by atoms with van der Waals surface area (Å²) in [5.74, 6) is -0.194. The Morgan fingerprint density at radius 2 is 1.06 bits per heavy atom. The molecule has 52 heavy (non-hydrogen) atoms. The number of aliphatic hydroxyl groups excluding tert-OH is 1. The quantitative estimate of drug-likeness (QED) is 0.0251. The van der Waals surface area contributed by atoms with Gasteiger partial charge < -0.3 is 19.8 Å². The molecule has 3 unspecified atom stereocenters. The smallest absolute Gasteiger partial charge is 0.387 e. The number of quaternary nitrogens is 1. The molecule has 3 N–H and O–H groups in total. The zero-order chi connectivity index (χ0) is 38.6. The first-order valence-corrected chi connectivity index (χ1v) is 22.9. The second-order valence-corrected chi connectivity index (χ2v) is 17.2. The maximum absolute atomic E-state index is 12.8. The van der Waals surface area contributed by atoms with Gasteiger partial charge in [0.25, 0.3) is 0 Å². The number of carbonyl (C=O) groups excluding carboxylic acids is 1. The highest BCUT2D eigenvalue weighted by atomic mass is 31.2. The standard InChI is InChI=1S/C43H83N2O6P/c1-6-8-10-12-14-16-18-19-20-21-22-23-24-25-27-29-31-33-35-37-43(47)44-41(40-51-52(48,49)50-39-38-45(3,4)5)42(46)36-34-32-30-28-26-17-15-13-11-9-7-2/h21-22,26,28,34,36,41-42,46H,6-20,23-25,27,29-33,35,37-40H2,1-5H3,(H-,44,47,48,49)/p+1/b22-21-,28-26+,36-34+. The average molecular weight is 756 g/mol. The summed E-state index contributed by atoms with van der Waals surface area (Å²) in [6.07, 6.45) is 42.2. The number of nitrogens with zero attached hydrogens (tertiary/aromatic N) is 1. The number of rotatable bonds is 38. The number of phosphoric acid groups is 1. The summed E-state index contributed by atoms with van der Waals surface area (Å²) in [6, 6.07) is -0.862. The summed E-state index contributed by atoms with van der Waals surface area (Å²) in [4.78, 5) is 23.0. The van der Waals surface area contributed by atoms with Gasteiger partial charge in [0.2, 0.25) is 5.91 Å². The Labute approximate surface area is 321 Å². The van der Waals surface area contributed by atoms with Gasteiger partial charge in [0, 0.05) is 6.42 Å². The predicted octanol–water partition coefficient (Wildman–Crippen LogP) is 11.5. The molecule has 0 aliphatic carbocycles. The third-order valence-electron chi connectivity index (χ3n) is 9.33. The van der Waals surface area contributed by atoms with E-state index in [-0.39, 0.29) is 19.1 Å². The first-order valence-electron chi connectivity index (χ1n) is 21.4. The van der Waals surface area contributed by atoms with E-state index in [1.54, 1.807) is 6.08 Å². The Kier molecular flexibility index (Phi) is 34.6. The molecule has 3 atom stereocenters. The molecule has 0 saturated carbocycles. The van der Waals surface area contributed by atoms with E-state index in [1.807, 2.05) is 27.2 Å². The minimum Gasteiger partial charge on any atom is -0.387 e. The van der Waals surface area contributed by atoms with Crippen molar-refractivity contribution >= 4 is 13.7 Å². The summed E-state index contributed by atoms with van der Waals surface area (Å²) >= 11 is 0. The molecule has 0 aliphatic rings. The van der Waals surface area contributed by atoms with Crippen LogP contribution in [-0.4, -0.2) is 73.4 Å². The number of hydrogen-bond donors (Lipinski definition) is 3. The molecule has 0 rings (SSSR count). The fraction of sp³-hybridized carbons (Fsp3) is 0.837. The molecule has 0 aromatic rings. The van der Waals surface area contributed by atoms with Crippen LogP contribution in [0.2, 0.25) is 0 Å². The minimum atomic E-state index is -4.34. The first kappa shape index (κ1) is 50.7. The molecule has 1 amide bonds. The summed E-state index contributed by atoms with van der Waals surface area (Å²) in [6.45, 7) is 4.75. The minimum absolute atomic E-state index is 0.0550. The van der Waals surface area contributed by atoms with Crippen molar-refractivity contribution in [2.75, 3.05) is 40.9 Å². The highest BCUT2D eigenvalue weighted by Crippen LogP contribution is 2.43. The molecule has 0 fully saturated rings. The van der Waals surface area contributed by atoms with Gasteiger partial charge in [-0.15, -0.1) is 0 Å². The van der Waals surface area contributed by atoms with Gasteiger partial charge in [0.05, 0.1) is 39.9 Å². The van der Waals surface area contributed by atoms with Crippen molar-refractivity contribution in [1.29, 1.82) is 0 Å². The lowest BCUT2D eigenvalue weighted by Gasteiger charge is -2.25. The maximum Gasteiger partial charge on any atom is 0.472 e. The Hall–Kier alpha value is -1.28. The van der Waals surface area contributed by atoms with Gasteiger partial charge in [-0.25, -0.2) is 4.57 Å². The molecule has 0 aromatic carbocycles. The van der Waals surface area contributed by atoms with Crippen molar-refractivity contribution in [3.8, 4) is 0 Å². The number of carbonyl (C=O) groups is 1. The number of allylic oxidation sites excluding steroid dienone is 5. The van der Waals surface area contributed by atoms with Crippen molar-refractivity contribution in [2.45, 2.75) is 193 Å². The number of amides is 1. The molecule has 0 saturated heterocycles. The Morgan fingerprint density at radius 3 is 1.54 bits per heavy atom. The molecule has 0 heterocycles. The fourth-order valence-corrected chi connectivity index (χ4v) is 6.61. The van der Waals surface area contributed by atoms with Crippen LogP contribution < -0.4 is 5.32 Å². The number of phosphoric ester groups is 1. The highest BCUT2D eigenvalue weighted by molar-refractivity contribution is 7.47. The van der Waals surface area contributed by atoms with Gasteiger partial charge in [0.15, 0.2) is 0 Å². The monoisotopic (exact) mass is 756 g/mol. The molecule has 0 radical (unpaired) electrons. The second kappa shape index (κ2) is 35.4. The van der Waals surface area contributed by atoms with Crippen LogP contribution in [0.1, 0.15) is 181 Å². The van der Waals surface area contributed by atoms with Crippen molar-refractivity contribution in [3.05, 3.63) is 36.5 Å². The van der Waals surface area contributed by atoms with Gasteiger partial charge >= 0.3 is 7.82 Å². The van der Waals surface area contributed by atoms with E-state index in [9.17, 15) is 19.4 Å². The third-order valence-corrected chi connectivity index (χ3v) is 10.3. The van der Waals surface area contributed by atoms with Crippen molar-refractivity contribution < 1.29 is 32.9 Å². The molecule has 9 heteroatoms. The van der Waals surface area contributed by atoms with Crippen molar-refractivity contribution in [3.63, 3.8) is 0 Å². The summed E-state index contributed by atoms with van der Waals surface area (Å²) in [5, 5.41) is 13.7. The second-order valence-electron chi connectivity index (χ2n) is 15.7. The van der Waals surface area contributed by atoms with E-state index in [0.29, 0.717) is 17.4 Å². The van der Waals surface area contributed by atoms with Crippen molar-refractivity contribution in [2.24, 2.45) is 0 Å². The van der Waals surface area contributed by atoms with Gasteiger partial charge in [0.1, 0.15) is 13.2 Å². The van der Waals surface area contributed by atoms with E-state index < -0.39 is 20.0 Å². The zero-order valence-corrected chi connectivity index (χ0v) is 35.4. The molecule has 8 nitrogen and oxygen atoms in total. The number of hydrogen-bond acceptors (Lipinski definition) is 5. The van der Waals surface area contributed by atoms with Crippen molar-refractivity contribution in [1.82, 2.24) is 5.32 Å². The third kappa shape index (κ3) is 37.1. The molecular weight excluding hydrogens is 671 g/mol. The van der Waals surface area contributed by atoms with E-state index in [0.717, 1.165) is 38.5 Å². The molecule has 0 aromatic heterocycles. The SMILES string of the molecule is CCCCCCC/C=C/CC/C=C/C(O)C(COP(=O)(O)OCC[N+](C)(C)C)NC(=O)CCCCCCCCC/C=C\CCCCCCCCCC. The van der Waals surface area contributed by atoms with Crippen LogP contribution in [-0.2, 0) is 18.4 Å². The Morgan fingerprint density at radius 1 is 0.635 bits per heavy atom. The van der Waals surface area contributed by atoms with Crippen LogP contribution in [0.25, 0.3) is 0 Å². The average Bonchev–Trinajstić information content (AvgIpc) is 3.09. The van der Waals surface area contributed by atoms with E-state index >= 15 is 0 Å². The normalized spacial score (nSPS) is 14.8. The summed E-state index contributed by atoms with van der Waals surface area (Å²) in [7, 11) is 1.55. The molecule has 0 spiro atoms. The number of likely N-dealkylation sites (N-methyl/N-ethyl adjacent to an activating group) is 1. The lowest BCUT2D eigenvalue weighted by Crippen LogP contribution is -2.45. The van der Waals surface area contributed by atoms with Gasteiger partial charge in [-0.05, 0) is 57.8 Å². The largest absolute Gasteiger partial charge is 0.472 e. The topological polar surface area (TPSA) is 105 Å². The van der Waals surface area contributed by atoms with Crippen LogP contribution in [0, 0.1) is 0 Å². The highest BCUT2D eigenvalue weighted by Gasteiger charge is 2.27. The van der Waals surface area contributed by atoms with E-state index in [1.165, 1.54) is 122 Å². The van der Waals surface area contributed by atoms with Crippen LogP contribution in [0.3, 0.4) is 0 Å². The summed E-state index contributed by atoms with van der Waals surface area (Å²) in [5.41, 5.74) is 0. The van der Waals surface area contributed by atoms with Crippen LogP contribution in [0.5, 0.6) is 0 Å². The Bertz CT molecular complexity index is 948. The predicted molar refractivity (Wildman–Crippen MR) is 221 cm³/mol. The summed E-state index contributed by atoms with van der Waals surface area (Å²) < 4.78 is 23.5. The molecular formula is C43H84N2O6P+.